The average molecular weight is 517 g/mol. The summed E-state index contributed by atoms with van der Waals surface area (Å²) in [6, 6.07) is 20.4. The van der Waals surface area contributed by atoms with Crippen LogP contribution in [0, 0.1) is 0 Å². The smallest absolute Gasteiger partial charge is 0.243 e. The van der Waals surface area contributed by atoms with Crippen LogP contribution in [0.1, 0.15) is 31.0 Å². The fraction of sp³-hybridized carbons (Fsp3) is 0.269. The van der Waals surface area contributed by atoms with Crippen molar-refractivity contribution in [2.24, 2.45) is 0 Å². The Bertz CT molecular complexity index is 1230. The molecular formula is C26H29ClN2O5S. The summed E-state index contributed by atoms with van der Waals surface area (Å²) in [5, 5.41) is 3.06. The Labute approximate surface area is 211 Å². The van der Waals surface area contributed by atoms with Gasteiger partial charge in [-0.15, -0.1) is 0 Å². The van der Waals surface area contributed by atoms with Crippen LogP contribution < -0.4 is 14.8 Å². The van der Waals surface area contributed by atoms with E-state index in [0.29, 0.717) is 18.1 Å². The molecular weight excluding hydrogens is 488 g/mol. The van der Waals surface area contributed by atoms with E-state index in [0.717, 1.165) is 15.4 Å². The largest absolute Gasteiger partial charge is 0.497 e. The maximum atomic E-state index is 13.6. The zero-order valence-corrected chi connectivity index (χ0v) is 21.5. The Morgan fingerprint density at radius 3 is 2.34 bits per heavy atom. The van der Waals surface area contributed by atoms with Gasteiger partial charge in [0.05, 0.1) is 36.2 Å². The summed E-state index contributed by atoms with van der Waals surface area (Å²) in [5.41, 5.74) is 1.62. The van der Waals surface area contributed by atoms with E-state index < -0.39 is 15.9 Å². The first kappa shape index (κ1) is 26.5. The molecule has 0 aliphatic heterocycles. The third kappa shape index (κ3) is 6.97. The van der Waals surface area contributed by atoms with Crippen molar-refractivity contribution in [2.75, 3.05) is 20.3 Å². The SMILES string of the molecule is CCOc1ccc(S(=O)(=O)N(CC(=O)N[C@H](C)c2ccc(OC)cc2)Cc2ccccc2)cc1Cl. The number of carbonyl (C=O) groups is 1. The van der Waals surface area contributed by atoms with Crippen molar-refractivity contribution in [1.29, 1.82) is 0 Å². The van der Waals surface area contributed by atoms with Crippen LogP contribution >= 0.6 is 11.6 Å². The van der Waals surface area contributed by atoms with E-state index in [1.807, 2.05) is 56.3 Å². The number of ether oxygens (including phenoxy) is 2. The predicted octanol–water partition coefficient (Wildman–Crippen LogP) is 4.82. The lowest BCUT2D eigenvalue weighted by Crippen LogP contribution is -2.41. The third-order valence-electron chi connectivity index (χ3n) is 5.36. The fourth-order valence-electron chi connectivity index (χ4n) is 3.50. The molecule has 186 valence electrons. The minimum Gasteiger partial charge on any atom is -0.497 e. The highest BCUT2D eigenvalue weighted by Gasteiger charge is 2.28. The minimum absolute atomic E-state index is 0.0158. The summed E-state index contributed by atoms with van der Waals surface area (Å²) in [6.45, 7) is 3.72. The molecule has 3 aromatic carbocycles. The highest BCUT2D eigenvalue weighted by molar-refractivity contribution is 7.89. The Morgan fingerprint density at radius 2 is 1.74 bits per heavy atom. The van der Waals surface area contributed by atoms with Crippen molar-refractivity contribution in [1.82, 2.24) is 9.62 Å². The van der Waals surface area contributed by atoms with Crippen LogP contribution in [0.3, 0.4) is 0 Å². The number of carbonyl (C=O) groups excluding carboxylic acids is 1. The quantitative estimate of drug-likeness (QED) is 0.395. The zero-order valence-electron chi connectivity index (χ0n) is 19.9. The molecule has 0 aliphatic rings. The van der Waals surface area contributed by atoms with Gasteiger partial charge in [-0.1, -0.05) is 54.1 Å². The fourth-order valence-corrected chi connectivity index (χ4v) is 5.21. The average Bonchev–Trinajstić information content (AvgIpc) is 2.85. The van der Waals surface area contributed by atoms with Gasteiger partial charge in [0.1, 0.15) is 11.5 Å². The number of halogens is 1. The van der Waals surface area contributed by atoms with Gasteiger partial charge >= 0.3 is 0 Å². The van der Waals surface area contributed by atoms with Gasteiger partial charge in [0, 0.05) is 6.54 Å². The molecule has 3 rings (SSSR count). The number of sulfonamides is 1. The van der Waals surface area contributed by atoms with Crippen LogP contribution in [0.2, 0.25) is 5.02 Å². The van der Waals surface area contributed by atoms with Gasteiger partial charge in [-0.3, -0.25) is 4.79 Å². The number of rotatable bonds is 11. The van der Waals surface area contributed by atoms with E-state index >= 15 is 0 Å². The van der Waals surface area contributed by atoms with Crippen LogP contribution in [0.15, 0.2) is 77.7 Å². The Balaban J connectivity index is 1.83. The van der Waals surface area contributed by atoms with Gasteiger partial charge in [-0.05, 0) is 55.3 Å². The molecule has 35 heavy (non-hydrogen) atoms. The van der Waals surface area contributed by atoms with Gasteiger partial charge in [-0.25, -0.2) is 8.42 Å². The number of hydrogen-bond donors (Lipinski definition) is 1. The molecule has 0 heterocycles. The normalized spacial score (nSPS) is 12.3. The molecule has 0 saturated carbocycles. The maximum absolute atomic E-state index is 13.6. The number of amides is 1. The second kappa shape index (κ2) is 12.1. The van der Waals surface area contributed by atoms with Gasteiger partial charge in [0.15, 0.2) is 0 Å². The standard InChI is InChI=1S/C26H29ClN2O5S/c1-4-34-25-15-14-23(16-24(25)27)35(31,32)29(17-20-8-6-5-7-9-20)18-26(30)28-19(2)21-10-12-22(33-3)13-11-21/h5-16,19H,4,17-18H2,1-3H3,(H,28,30)/t19-/m1/s1. The van der Waals surface area contributed by atoms with E-state index in [4.69, 9.17) is 21.1 Å². The minimum atomic E-state index is -4.04. The molecule has 3 aromatic rings. The number of methoxy groups -OCH3 is 1. The first-order chi connectivity index (χ1) is 16.7. The molecule has 0 bridgehead atoms. The molecule has 0 spiro atoms. The molecule has 1 amide bonds. The van der Waals surface area contributed by atoms with Crippen molar-refractivity contribution >= 4 is 27.5 Å². The topological polar surface area (TPSA) is 84.9 Å². The molecule has 0 fully saturated rings. The van der Waals surface area contributed by atoms with Gasteiger partial charge < -0.3 is 14.8 Å². The number of nitrogens with one attached hydrogen (secondary N) is 1. The van der Waals surface area contributed by atoms with Gasteiger partial charge in [0.25, 0.3) is 0 Å². The first-order valence-electron chi connectivity index (χ1n) is 11.1. The zero-order chi connectivity index (χ0) is 25.4. The van der Waals surface area contributed by atoms with Crippen molar-refractivity contribution in [3.63, 3.8) is 0 Å². The molecule has 9 heteroatoms. The van der Waals surface area contributed by atoms with Crippen LogP contribution in [0.4, 0.5) is 0 Å². The summed E-state index contributed by atoms with van der Waals surface area (Å²) < 4.78 is 38.8. The maximum Gasteiger partial charge on any atom is 0.243 e. The number of nitrogens with zero attached hydrogens (tertiary/aromatic N) is 1. The second-order valence-electron chi connectivity index (χ2n) is 7.85. The Morgan fingerprint density at radius 1 is 1.06 bits per heavy atom. The molecule has 0 aromatic heterocycles. The van der Waals surface area contributed by atoms with E-state index in [9.17, 15) is 13.2 Å². The summed E-state index contributed by atoms with van der Waals surface area (Å²) in [5.74, 6) is 0.681. The second-order valence-corrected chi connectivity index (χ2v) is 10.2. The van der Waals surface area contributed by atoms with Gasteiger partial charge in [-0.2, -0.15) is 4.31 Å². The summed E-state index contributed by atoms with van der Waals surface area (Å²) >= 11 is 6.25. The lowest BCUT2D eigenvalue weighted by atomic mass is 10.1. The van der Waals surface area contributed by atoms with Crippen LogP contribution in [-0.4, -0.2) is 38.9 Å². The first-order valence-corrected chi connectivity index (χ1v) is 13.0. The summed E-state index contributed by atoms with van der Waals surface area (Å²) in [6.07, 6.45) is 0. The number of hydrogen-bond acceptors (Lipinski definition) is 5. The van der Waals surface area contributed by atoms with E-state index in [1.54, 1.807) is 19.2 Å². The Hall–Kier alpha value is -3.07. The van der Waals surface area contributed by atoms with Crippen LogP contribution in [0.25, 0.3) is 0 Å². The molecule has 0 saturated heterocycles. The number of benzene rings is 3. The lowest BCUT2D eigenvalue weighted by Gasteiger charge is -2.23. The molecule has 1 N–H and O–H groups in total. The Kier molecular flexibility index (Phi) is 9.14. The van der Waals surface area contributed by atoms with E-state index in [1.165, 1.54) is 18.2 Å². The summed E-state index contributed by atoms with van der Waals surface area (Å²) in [4.78, 5) is 12.9. The summed E-state index contributed by atoms with van der Waals surface area (Å²) in [7, 11) is -2.46. The van der Waals surface area contributed by atoms with Crippen molar-refractivity contribution in [3.8, 4) is 11.5 Å². The van der Waals surface area contributed by atoms with Crippen molar-refractivity contribution < 1.29 is 22.7 Å². The van der Waals surface area contributed by atoms with E-state index in [2.05, 4.69) is 5.32 Å². The highest BCUT2D eigenvalue weighted by Crippen LogP contribution is 2.29. The third-order valence-corrected chi connectivity index (χ3v) is 7.44. The predicted molar refractivity (Wildman–Crippen MR) is 136 cm³/mol. The molecule has 0 radical (unpaired) electrons. The molecule has 0 unspecified atom stereocenters. The van der Waals surface area contributed by atoms with Crippen molar-refractivity contribution in [3.05, 3.63) is 88.9 Å². The molecule has 0 aliphatic carbocycles. The molecule has 7 nitrogen and oxygen atoms in total. The lowest BCUT2D eigenvalue weighted by molar-refractivity contribution is -0.122. The highest BCUT2D eigenvalue weighted by atomic mass is 35.5. The van der Waals surface area contributed by atoms with Crippen LogP contribution in [-0.2, 0) is 21.4 Å². The molecule has 1 atom stereocenters. The van der Waals surface area contributed by atoms with Crippen LogP contribution in [0.5, 0.6) is 11.5 Å². The monoisotopic (exact) mass is 516 g/mol. The van der Waals surface area contributed by atoms with Gasteiger partial charge in [0.2, 0.25) is 15.9 Å². The van der Waals surface area contributed by atoms with Crippen molar-refractivity contribution in [2.45, 2.75) is 31.3 Å². The van der Waals surface area contributed by atoms with E-state index in [-0.39, 0.29) is 29.0 Å².